The van der Waals surface area contributed by atoms with Crippen LogP contribution in [0.4, 0.5) is 0 Å². The minimum atomic E-state index is -4.15. The molecule has 0 spiro atoms. The van der Waals surface area contributed by atoms with Crippen molar-refractivity contribution in [1.82, 2.24) is 0 Å². The number of benzene rings is 1. The highest BCUT2D eigenvalue weighted by atomic mass is 32.3. The molecule has 8 nitrogen and oxygen atoms in total. The number of hydrogen-bond acceptors (Lipinski definition) is 7. The molecule has 0 aliphatic carbocycles. The largest absolute Gasteiger partial charge is 0.494 e. The molecule has 0 aromatic heterocycles. The van der Waals surface area contributed by atoms with Crippen LogP contribution in [0.2, 0.25) is 0 Å². The Labute approximate surface area is 156 Å². The van der Waals surface area contributed by atoms with Gasteiger partial charge in [0.2, 0.25) is 0 Å². The smallest absolute Gasteiger partial charge is 0.270 e. The molecule has 0 saturated heterocycles. The first-order chi connectivity index (χ1) is 11.7. The third kappa shape index (κ3) is 6.60. The maximum Gasteiger partial charge on any atom is 0.270 e. The predicted octanol–water partition coefficient (Wildman–Crippen LogP) is 3.89. The highest BCUT2D eigenvalue weighted by Crippen LogP contribution is 2.49. The first-order valence-electron chi connectivity index (χ1n) is 7.99. The summed E-state index contributed by atoms with van der Waals surface area (Å²) in [5.41, 5.74) is 0. The Morgan fingerprint density at radius 3 is 1.42 bits per heavy atom. The van der Waals surface area contributed by atoms with E-state index >= 15 is 0 Å². The Bertz CT molecular complexity index is 675. The van der Waals surface area contributed by atoms with Crippen LogP contribution in [-0.2, 0) is 10.1 Å². The van der Waals surface area contributed by atoms with Crippen molar-refractivity contribution in [3.05, 3.63) is 24.3 Å². The molecular formula is C16H28O8S2. The predicted molar refractivity (Wildman–Crippen MR) is 102 cm³/mol. The van der Waals surface area contributed by atoms with Gasteiger partial charge in [-0.15, -0.1) is 0 Å². The monoisotopic (exact) mass is 412 g/mol. The van der Waals surface area contributed by atoms with Gasteiger partial charge in [0.15, 0.2) is 0 Å². The quantitative estimate of drug-likeness (QED) is 0.425. The molecular weight excluding hydrogens is 384 g/mol. The summed E-state index contributed by atoms with van der Waals surface area (Å²) in [5, 5.41) is 0. The Hall–Kier alpha value is -1.04. The highest BCUT2D eigenvalue weighted by Gasteiger charge is 2.35. The zero-order valence-electron chi connectivity index (χ0n) is 15.4. The van der Waals surface area contributed by atoms with Crippen molar-refractivity contribution in [2.24, 2.45) is 0 Å². The maximum absolute atomic E-state index is 11.2. The van der Waals surface area contributed by atoms with Crippen LogP contribution in [0.25, 0.3) is 0 Å². The van der Waals surface area contributed by atoms with E-state index in [0.29, 0.717) is 11.5 Å². The van der Waals surface area contributed by atoms with E-state index in [1.165, 1.54) is 27.7 Å². The molecule has 0 aliphatic heterocycles. The molecule has 0 atom stereocenters. The van der Waals surface area contributed by atoms with Gasteiger partial charge >= 0.3 is 0 Å². The van der Waals surface area contributed by atoms with E-state index in [9.17, 15) is 22.1 Å². The van der Waals surface area contributed by atoms with E-state index in [-0.39, 0.29) is 26.1 Å². The van der Waals surface area contributed by atoms with E-state index < -0.39 is 30.5 Å². The molecule has 1 rings (SSSR count). The van der Waals surface area contributed by atoms with Crippen LogP contribution in [0.15, 0.2) is 24.3 Å². The molecule has 0 aliphatic rings. The van der Waals surface area contributed by atoms with Gasteiger partial charge in [0.25, 0.3) is 10.1 Å². The minimum absolute atomic E-state index is 0.121. The molecule has 0 unspecified atom stereocenters. The van der Waals surface area contributed by atoms with Gasteiger partial charge < -0.3 is 23.1 Å². The highest BCUT2D eigenvalue weighted by molar-refractivity contribution is 8.20. The lowest BCUT2D eigenvalue weighted by molar-refractivity contribution is 0.269. The Kier molecular flexibility index (Phi) is 7.36. The molecule has 0 heterocycles. The average molecular weight is 413 g/mol. The summed E-state index contributed by atoms with van der Waals surface area (Å²) in [7, 11) is -7.81. The zero-order chi connectivity index (χ0) is 20.2. The Morgan fingerprint density at radius 2 is 1.12 bits per heavy atom. The summed E-state index contributed by atoms with van der Waals surface area (Å²) >= 11 is 0. The standard InChI is InChI=1S/C16H28O8S2/c1-15(2,25(17,18)19)9-11-23-13-5-7-14(8-6-13)24-12-10-16(3,4)26(20,21)22/h5-8,17-19H,9-12H2,1-4H3,(H,20,21,22). The van der Waals surface area contributed by atoms with Crippen molar-refractivity contribution in [1.29, 1.82) is 0 Å². The fourth-order valence-corrected chi connectivity index (χ4v) is 2.43. The van der Waals surface area contributed by atoms with E-state index in [4.69, 9.17) is 14.0 Å². The molecule has 0 fully saturated rings. The summed E-state index contributed by atoms with van der Waals surface area (Å²) in [6.45, 7) is 6.23. The molecule has 10 heteroatoms. The fraction of sp³-hybridized carbons (Fsp3) is 0.625. The van der Waals surface area contributed by atoms with Gasteiger partial charge in [0.1, 0.15) is 11.5 Å². The third-order valence-electron chi connectivity index (χ3n) is 4.21. The van der Waals surface area contributed by atoms with Crippen LogP contribution in [0, 0.1) is 0 Å². The zero-order valence-corrected chi connectivity index (χ0v) is 17.0. The van der Waals surface area contributed by atoms with Crippen LogP contribution in [0.1, 0.15) is 40.5 Å². The molecule has 0 saturated carbocycles. The second-order valence-electron chi connectivity index (χ2n) is 7.18. The van der Waals surface area contributed by atoms with Gasteiger partial charge in [-0.05, 0) is 52.0 Å². The number of ether oxygens (including phenoxy) is 2. The van der Waals surface area contributed by atoms with E-state index in [2.05, 4.69) is 0 Å². The molecule has 0 bridgehead atoms. The Balaban J connectivity index is 2.47. The van der Waals surface area contributed by atoms with Crippen molar-refractivity contribution in [2.75, 3.05) is 13.2 Å². The summed E-state index contributed by atoms with van der Waals surface area (Å²) in [5.74, 6) is 1.06. The molecule has 4 N–H and O–H groups in total. The van der Waals surface area contributed by atoms with Crippen LogP contribution < -0.4 is 9.47 Å². The van der Waals surface area contributed by atoms with E-state index in [1.807, 2.05) is 0 Å². The lowest BCUT2D eigenvalue weighted by Gasteiger charge is -2.36. The van der Waals surface area contributed by atoms with Gasteiger partial charge in [0, 0.05) is 12.8 Å². The average Bonchev–Trinajstić information content (AvgIpc) is 2.46. The van der Waals surface area contributed by atoms with E-state index in [1.54, 1.807) is 24.3 Å². The molecule has 26 heavy (non-hydrogen) atoms. The number of hydrogen-bond donors (Lipinski definition) is 4. The normalized spacial score (nSPS) is 14.2. The van der Waals surface area contributed by atoms with Crippen molar-refractivity contribution >= 4 is 21.0 Å². The van der Waals surface area contributed by atoms with Crippen LogP contribution in [-0.4, -0.2) is 49.3 Å². The SMILES string of the molecule is CC(C)(CCOc1ccc(OCCC(C)(C)S(=O)(=O)O)cc1)S(O)(O)O. The molecule has 0 amide bonds. The maximum atomic E-state index is 11.2. The second-order valence-corrected chi connectivity index (χ2v) is 11.4. The molecule has 1 aromatic rings. The van der Waals surface area contributed by atoms with Crippen molar-refractivity contribution in [2.45, 2.75) is 50.0 Å². The fourth-order valence-electron chi connectivity index (χ4n) is 1.73. The summed E-state index contributed by atoms with van der Waals surface area (Å²) in [4.78, 5) is 0. The summed E-state index contributed by atoms with van der Waals surface area (Å²) in [6.07, 6.45) is 0.377. The van der Waals surface area contributed by atoms with E-state index in [0.717, 1.165) is 0 Å². The van der Waals surface area contributed by atoms with Gasteiger partial charge in [-0.25, -0.2) is 0 Å². The molecule has 152 valence electrons. The van der Waals surface area contributed by atoms with Gasteiger partial charge in [-0.1, -0.05) is 0 Å². The lowest BCUT2D eigenvalue weighted by Crippen LogP contribution is -2.33. The second kappa shape index (κ2) is 8.32. The topological polar surface area (TPSA) is 134 Å². The van der Waals surface area contributed by atoms with Crippen molar-refractivity contribution in [3.8, 4) is 11.5 Å². The first-order valence-corrected chi connectivity index (χ1v) is 10.9. The van der Waals surface area contributed by atoms with Crippen molar-refractivity contribution in [3.63, 3.8) is 0 Å². The molecule has 0 radical (unpaired) electrons. The lowest BCUT2D eigenvalue weighted by atomic mass is 10.1. The first kappa shape index (κ1) is 23.0. The minimum Gasteiger partial charge on any atom is -0.494 e. The molecule has 1 aromatic carbocycles. The van der Waals surface area contributed by atoms with Gasteiger partial charge in [-0.2, -0.15) is 8.42 Å². The van der Waals surface area contributed by atoms with Crippen LogP contribution in [0.3, 0.4) is 0 Å². The number of rotatable bonds is 10. The van der Waals surface area contributed by atoms with Gasteiger partial charge in [-0.3, -0.25) is 4.55 Å². The Morgan fingerprint density at radius 1 is 0.769 bits per heavy atom. The summed E-state index contributed by atoms with van der Waals surface area (Å²) in [6, 6.07) is 6.63. The van der Waals surface area contributed by atoms with Crippen LogP contribution >= 0.6 is 10.9 Å². The third-order valence-corrected chi connectivity index (χ3v) is 7.50. The summed E-state index contributed by atoms with van der Waals surface area (Å²) < 4.78 is 68.2. The van der Waals surface area contributed by atoms with Gasteiger partial charge in [0.05, 0.1) is 33.6 Å². The van der Waals surface area contributed by atoms with Crippen LogP contribution in [0.5, 0.6) is 11.5 Å². The van der Waals surface area contributed by atoms with Crippen molar-refractivity contribution < 1.29 is 36.1 Å².